The lowest BCUT2D eigenvalue weighted by Crippen LogP contribution is -2.55. The van der Waals surface area contributed by atoms with Gasteiger partial charge in [-0.1, -0.05) is 24.3 Å². The van der Waals surface area contributed by atoms with Crippen molar-refractivity contribution in [3.05, 3.63) is 95.8 Å². The Morgan fingerprint density at radius 3 is 2.16 bits per heavy atom. The number of benzene rings is 2. The molecule has 7 nitrogen and oxygen atoms in total. The second-order valence-electron chi connectivity index (χ2n) is 11.6. The van der Waals surface area contributed by atoms with Gasteiger partial charge in [-0.2, -0.15) is 13.2 Å². The topological polar surface area (TPSA) is 66.0 Å². The van der Waals surface area contributed by atoms with Crippen LogP contribution in [-0.2, 0) is 22.3 Å². The second-order valence-corrected chi connectivity index (χ2v) is 11.6. The molecule has 2 amide bonds. The van der Waals surface area contributed by atoms with Gasteiger partial charge in [-0.25, -0.2) is 9.18 Å². The summed E-state index contributed by atoms with van der Waals surface area (Å²) in [6.07, 6.45) is -0.408. The minimum absolute atomic E-state index is 0.0902. The molecule has 0 radical (unpaired) electrons. The minimum Gasteiger partial charge on any atom is -0.444 e. The van der Waals surface area contributed by atoms with Crippen LogP contribution in [0.2, 0.25) is 0 Å². The number of piperidine rings is 1. The number of carbonyl (C=O) groups is 2. The minimum atomic E-state index is -4.47. The highest BCUT2D eigenvalue weighted by atomic mass is 19.4. The largest absolute Gasteiger partial charge is 0.444 e. The summed E-state index contributed by atoms with van der Waals surface area (Å²) in [4.78, 5) is 34.8. The third-order valence-corrected chi connectivity index (χ3v) is 7.23. The number of aromatic nitrogens is 1. The fourth-order valence-corrected chi connectivity index (χ4v) is 4.88. The molecule has 11 heteroatoms. The summed E-state index contributed by atoms with van der Waals surface area (Å²) in [6, 6.07) is 14.8. The molecule has 1 aliphatic rings. The van der Waals surface area contributed by atoms with Gasteiger partial charge in [0.25, 0.3) is 0 Å². The van der Waals surface area contributed by atoms with Crippen molar-refractivity contribution in [1.29, 1.82) is 0 Å². The highest BCUT2D eigenvalue weighted by Crippen LogP contribution is 2.30. The van der Waals surface area contributed by atoms with Crippen LogP contribution in [0.5, 0.6) is 0 Å². The first-order valence-corrected chi connectivity index (χ1v) is 14.2. The van der Waals surface area contributed by atoms with Crippen LogP contribution in [0.15, 0.2) is 79.1 Å². The fraction of sp³-hybridized carbons (Fsp3) is 0.364. The molecule has 3 aromatic rings. The summed E-state index contributed by atoms with van der Waals surface area (Å²) in [5, 5.41) is 0. The van der Waals surface area contributed by atoms with Crippen LogP contribution >= 0.6 is 0 Å². The Hall–Kier alpha value is -4.41. The fourth-order valence-electron chi connectivity index (χ4n) is 4.88. The molecule has 0 N–H and O–H groups in total. The Bertz CT molecular complexity index is 1440. The Morgan fingerprint density at radius 2 is 1.59 bits per heavy atom. The van der Waals surface area contributed by atoms with E-state index >= 15 is 4.39 Å². The third-order valence-electron chi connectivity index (χ3n) is 7.23. The van der Waals surface area contributed by atoms with Crippen LogP contribution < -0.4 is 4.90 Å². The second kappa shape index (κ2) is 13.5. The highest BCUT2D eigenvalue weighted by molar-refractivity contribution is 5.92. The zero-order valence-electron chi connectivity index (χ0n) is 25.1. The molecule has 0 bridgehead atoms. The maximum absolute atomic E-state index is 15.7. The quantitative estimate of drug-likeness (QED) is 0.208. The number of halogens is 4. The van der Waals surface area contributed by atoms with E-state index in [0.29, 0.717) is 5.56 Å². The van der Waals surface area contributed by atoms with Crippen LogP contribution in [-0.4, -0.2) is 64.7 Å². The molecule has 2 aromatic carbocycles. The lowest BCUT2D eigenvalue weighted by molar-refractivity contribution is -0.137. The summed E-state index contributed by atoms with van der Waals surface area (Å²) < 4.78 is 59.9. The molecule has 4 rings (SSSR count). The number of carbonyl (C=O) groups excluding carboxylic acids is 2. The van der Waals surface area contributed by atoms with E-state index in [1.165, 1.54) is 34.1 Å². The number of pyridine rings is 1. The summed E-state index contributed by atoms with van der Waals surface area (Å²) >= 11 is 0. The van der Waals surface area contributed by atoms with Crippen LogP contribution in [0, 0.1) is 0 Å². The average Bonchev–Trinajstić information content (AvgIpc) is 2.98. The van der Waals surface area contributed by atoms with Gasteiger partial charge < -0.3 is 19.4 Å². The third kappa shape index (κ3) is 8.58. The number of anilines is 2. The van der Waals surface area contributed by atoms with E-state index < -0.39 is 41.6 Å². The standard InChI is InChI=1S/C33H36F4N4O3/c1-32(2,3)44-31(43)40-20-17-29(28(34)22-40)41(30(42)14-9-23-5-10-25(11-6-23)33(35,36)37)21-24-7-12-26(13-8-24)39(4)27-15-18-38-19-16-27/h5-16,18-19,28-29H,17,20-22H2,1-4H3/b14-9+/t28-,29-/m1/s1. The van der Waals surface area contributed by atoms with Crippen LogP contribution in [0.3, 0.4) is 0 Å². The van der Waals surface area contributed by atoms with Gasteiger partial charge in [-0.3, -0.25) is 9.78 Å². The van der Waals surface area contributed by atoms with Gasteiger partial charge in [0.2, 0.25) is 5.91 Å². The van der Waals surface area contributed by atoms with E-state index in [1.54, 1.807) is 33.2 Å². The molecule has 1 aliphatic heterocycles. The molecule has 234 valence electrons. The molecule has 1 fully saturated rings. The maximum atomic E-state index is 15.7. The number of hydrogen-bond donors (Lipinski definition) is 0. The molecule has 1 aromatic heterocycles. The lowest BCUT2D eigenvalue weighted by atomic mass is 10.00. The van der Waals surface area contributed by atoms with E-state index in [1.807, 2.05) is 48.3 Å². The monoisotopic (exact) mass is 612 g/mol. The summed E-state index contributed by atoms with van der Waals surface area (Å²) in [5.74, 6) is -0.499. The molecular weight excluding hydrogens is 576 g/mol. The maximum Gasteiger partial charge on any atom is 0.416 e. The lowest BCUT2D eigenvalue weighted by Gasteiger charge is -2.40. The molecule has 2 heterocycles. The first kappa shape index (κ1) is 32.5. The van der Waals surface area contributed by atoms with E-state index in [9.17, 15) is 22.8 Å². The van der Waals surface area contributed by atoms with Crippen LogP contribution in [0.4, 0.5) is 33.7 Å². The van der Waals surface area contributed by atoms with Crippen LogP contribution in [0.1, 0.15) is 43.9 Å². The molecule has 0 saturated carbocycles. The number of alkyl halides is 4. The molecule has 44 heavy (non-hydrogen) atoms. The Kier molecular flexibility index (Phi) is 9.96. The Balaban J connectivity index is 1.54. The first-order valence-electron chi connectivity index (χ1n) is 14.2. The van der Waals surface area contributed by atoms with Gasteiger partial charge in [-0.05, 0) is 80.8 Å². The zero-order valence-corrected chi connectivity index (χ0v) is 25.1. The molecule has 2 atom stereocenters. The summed E-state index contributed by atoms with van der Waals surface area (Å²) in [6.45, 7) is 5.24. The van der Waals surface area contributed by atoms with Crippen LogP contribution in [0.25, 0.3) is 6.08 Å². The van der Waals surface area contributed by atoms with Crippen molar-refractivity contribution >= 4 is 29.5 Å². The number of nitrogens with zero attached hydrogens (tertiary/aromatic N) is 4. The highest BCUT2D eigenvalue weighted by Gasteiger charge is 2.38. The first-order chi connectivity index (χ1) is 20.7. The van der Waals surface area contributed by atoms with Crippen molar-refractivity contribution in [2.45, 2.75) is 57.7 Å². The van der Waals surface area contributed by atoms with Crippen molar-refractivity contribution in [2.24, 2.45) is 0 Å². The van der Waals surface area contributed by atoms with E-state index in [-0.39, 0.29) is 26.1 Å². The summed E-state index contributed by atoms with van der Waals surface area (Å²) in [5.41, 5.74) is 1.46. The van der Waals surface area contributed by atoms with Gasteiger partial charge >= 0.3 is 12.3 Å². The molecule has 0 unspecified atom stereocenters. The normalized spacial score (nSPS) is 17.4. The van der Waals surface area contributed by atoms with Gasteiger partial charge in [0.1, 0.15) is 11.8 Å². The number of amides is 2. The van der Waals surface area contributed by atoms with E-state index in [0.717, 1.165) is 29.1 Å². The Labute approximate surface area is 254 Å². The Morgan fingerprint density at radius 1 is 0.977 bits per heavy atom. The van der Waals surface area contributed by atoms with Gasteiger partial charge in [0.05, 0.1) is 18.2 Å². The number of hydrogen-bond acceptors (Lipinski definition) is 5. The molecular formula is C33H36F4N4O3. The smallest absolute Gasteiger partial charge is 0.416 e. The number of ether oxygens (including phenoxy) is 1. The zero-order chi connectivity index (χ0) is 32.1. The van der Waals surface area contributed by atoms with Crippen molar-refractivity contribution in [3.63, 3.8) is 0 Å². The summed E-state index contributed by atoms with van der Waals surface area (Å²) in [7, 11) is 1.92. The van der Waals surface area contributed by atoms with Crippen molar-refractivity contribution in [2.75, 3.05) is 25.0 Å². The van der Waals surface area contributed by atoms with Gasteiger partial charge in [-0.15, -0.1) is 0 Å². The van der Waals surface area contributed by atoms with Crippen molar-refractivity contribution in [1.82, 2.24) is 14.8 Å². The molecule has 0 aliphatic carbocycles. The predicted molar refractivity (Wildman–Crippen MR) is 161 cm³/mol. The van der Waals surface area contributed by atoms with Crippen molar-refractivity contribution in [3.8, 4) is 0 Å². The van der Waals surface area contributed by atoms with E-state index in [4.69, 9.17) is 4.74 Å². The van der Waals surface area contributed by atoms with Gasteiger partial charge in [0, 0.05) is 50.0 Å². The average molecular weight is 613 g/mol. The SMILES string of the molecule is CN(c1ccncc1)c1ccc(CN(C(=O)/C=C/c2ccc(C(F)(F)F)cc2)[C@@H]2CCN(C(=O)OC(C)(C)C)C[C@H]2F)cc1. The van der Waals surface area contributed by atoms with Crippen molar-refractivity contribution < 1.29 is 31.9 Å². The number of likely N-dealkylation sites (tertiary alicyclic amines) is 1. The predicted octanol–water partition coefficient (Wildman–Crippen LogP) is 7.26. The van der Waals surface area contributed by atoms with E-state index in [2.05, 4.69) is 4.98 Å². The number of rotatable bonds is 7. The molecule has 0 spiro atoms. The molecule has 1 saturated heterocycles. The van der Waals surface area contributed by atoms with Gasteiger partial charge in [0.15, 0.2) is 0 Å².